The number of hydrogen-bond donors (Lipinski definition) is 2. The van der Waals surface area contributed by atoms with Gasteiger partial charge in [-0.2, -0.15) is 0 Å². The van der Waals surface area contributed by atoms with Gasteiger partial charge in [0.2, 0.25) is 0 Å². The minimum Gasteiger partial charge on any atom is -0.315 e. The number of benzene rings is 1. The fourth-order valence-electron chi connectivity index (χ4n) is 1.73. The van der Waals surface area contributed by atoms with Crippen molar-refractivity contribution in [1.82, 2.24) is 0 Å². The van der Waals surface area contributed by atoms with Crippen molar-refractivity contribution >= 4 is 16.3 Å². The Hall–Kier alpha value is -1.32. The van der Waals surface area contributed by atoms with E-state index in [4.69, 9.17) is 5.84 Å². The summed E-state index contributed by atoms with van der Waals surface area (Å²) < 4.78 is 0. The number of rotatable bonds is 2. The maximum atomic E-state index is 5.38. The van der Waals surface area contributed by atoms with E-state index in [-0.39, 0.29) is 5.41 Å². The van der Waals surface area contributed by atoms with Gasteiger partial charge in [-0.1, -0.05) is 45.0 Å². The third-order valence-electron chi connectivity index (χ3n) is 2.83. The molecule has 17 heavy (non-hydrogen) atoms. The summed E-state index contributed by atoms with van der Waals surface area (Å²) in [6.07, 6.45) is 0. The lowest BCUT2D eigenvalue weighted by molar-refractivity contribution is 0.590. The fourth-order valence-corrected chi connectivity index (χ4v) is 2.45. The molecule has 0 saturated carbocycles. The molecule has 1 heterocycles. The normalized spacial score (nSPS) is 11.5. The number of thiophene rings is 1. The summed E-state index contributed by atoms with van der Waals surface area (Å²) in [6, 6.07) is 10.8. The molecule has 0 aliphatic heterocycles. The predicted octanol–water partition coefficient (Wildman–Crippen LogP) is 4.00. The Bertz CT molecular complexity index is 492. The Morgan fingerprint density at radius 1 is 1.06 bits per heavy atom. The maximum absolute atomic E-state index is 5.38. The van der Waals surface area contributed by atoms with Crippen molar-refractivity contribution < 1.29 is 0 Å². The number of nitrogen functional groups attached to an aromatic ring is 1. The van der Waals surface area contributed by atoms with E-state index in [1.807, 2.05) is 0 Å². The molecule has 0 spiro atoms. The maximum Gasteiger partial charge on any atom is 0.103 e. The summed E-state index contributed by atoms with van der Waals surface area (Å²) in [5, 5.41) is 3.10. The molecular weight excluding hydrogens is 228 g/mol. The lowest BCUT2D eigenvalue weighted by Gasteiger charge is -2.19. The molecule has 90 valence electrons. The second-order valence-corrected chi connectivity index (χ2v) is 6.08. The van der Waals surface area contributed by atoms with Gasteiger partial charge in [0.05, 0.1) is 0 Å². The van der Waals surface area contributed by atoms with E-state index >= 15 is 0 Å². The Morgan fingerprint density at radius 2 is 1.71 bits per heavy atom. The van der Waals surface area contributed by atoms with Gasteiger partial charge >= 0.3 is 0 Å². The highest BCUT2D eigenvalue weighted by Gasteiger charge is 2.13. The first-order valence-electron chi connectivity index (χ1n) is 5.67. The van der Waals surface area contributed by atoms with Gasteiger partial charge in [-0.05, 0) is 28.2 Å². The molecule has 0 saturated heterocycles. The van der Waals surface area contributed by atoms with Gasteiger partial charge in [-0.25, -0.2) is 5.84 Å². The van der Waals surface area contributed by atoms with Gasteiger partial charge in [0.25, 0.3) is 0 Å². The molecule has 1 aromatic carbocycles. The highest BCUT2D eigenvalue weighted by molar-refractivity contribution is 7.14. The van der Waals surface area contributed by atoms with Crippen LogP contribution in [0.3, 0.4) is 0 Å². The lowest BCUT2D eigenvalue weighted by Crippen LogP contribution is -2.10. The van der Waals surface area contributed by atoms with Crippen molar-refractivity contribution in [2.24, 2.45) is 5.84 Å². The van der Waals surface area contributed by atoms with E-state index in [9.17, 15) is 0 Å². The molecule has 0 fully saturated rings. The molecule has 0 atom stereocenters. The van der Waals surface area contributed by atoms with Crippen LogP contribution in [0, 0.1) is 0 Å². The summed E-state index contributed by atoms with van der Waals surface area (Å²) in [6.45, 7) is 6.68. The zero-order valence-electron chi connectivity index (χ0n) is 10.4. The van der Waals surface area contributed by atoms with Gasteiger partial charge in [0.1, 0.15) is 5.00 Å². The van der Waals surface area contributed by atoms with E-state index in [2.05, 4.69) is 61.9 Å². The highest BCUT2D eigenvalue weighted by Crippen LogP contribution is 2.30. The fraction of sp³-hybridized carbons (Fsp3) is 0.286. The third kappa shape index (κ3) is 2.68. The zero-order chi connectivity index (χ0) is 12.5. The molecule has 0 bridgehead atoms. The number of hydrazine groups is 1. The molecule has 2 aromatic rings. The summed E-state index contributed by atoms with van der Waals surface area (Å²) >= 11 is 1.62. The first-order chi connectivity index (χ1) is 8.00. The molecule has 1 aromatic heterocycles. The highest BCUT2D eigenvalue weighted by atomic mass is 32.1. The topological polar surface area (TPSA) is 38.0 Å². The van der Waals surface area contributed by atoms with Crippen molar-refractivity contribution in [2.45, 2.75) is 26.2 Å². The van der Waals surface area contributed by atoms with Gasteiger partial charge in [-0.15, -0.1) is 11.3 Å². The van der Waals surface area contributed by atoms with Crippen LogP contribution in [0.5, 0.6) is 0 Å². The van der Waals surface area contributed by atoms with Crippen LogP contribution >= 0.6 is 11.3 Å². The zero-order valence-corrected chi connectivity index (χ0v) is 11.3. The quantitative estimate of drug-likeness (QED) is 0.621. The van der Waals surface area contributed by atoms with Gasteiger partial charge in [0, 0.05) is 5.38 Å². The first kappa shape index (κ1) is 12.1. The van der Waals surface area contributed by atoms with Crippen LogP contribution in [0.4, 0.5) is 5.00 Å². The summed E-state index contributed by atoms with van der Waals surface area (Å²) in [5.74, 6) is 5.38. The van der Waals surface area contributed by atoms with Crippen molar-refractivity contribution in [2.75, 3.05) is 5.43 Å². The number of hydrogen-bond acceptors (Lipinski definition) is 3. The van der Waals surface area contributed by atoms with Gasteiger partial charge in [0.15, 0.2) is 0 Å². The van der Waals surface area contributed by atoms with Crippen LogP contribution < -0.4 is 11.3 Å². The monoisotopic (exact) mass is 246 g/mol. The minimum atomic E-state index is 0.206. The minimum absolute atomic E-state index is 0.206. The average Bonchev–Trinajstić information content (AvgIpc) is 2.76. The molecule has 2 rings (SSSR count). The van der Waals surface area contributed by atoms with Crippen molar-refractivity contribution in [3.8, 4) is 11.1 Å². The summed E-state index contributed by atoms with van der Waals surface area (Å²) in [4.78, 5) is 0. The largest absolute Gasteiger partial charge is 0.315 e. The molecular formula is C14H18N2S. The van der Waals surface area contributed by atoms with Crippen LogP contribution in [0.2, 0.25) is 0 Å². The lowest BCUT2D eigenvalue weighted by atomic mass is 9.86. The Kier molecular flexibility index (Phi) is 3.22. The molecule has 3 N–H and O–H groups in total. The first-order valence-corrected chi connectivity index (χ1v) is 6.55. The standard InChI is InChI=1S/C14H18N2S/c1-14(2,3)12-6-4-10(5-7-12)11-8-13(16-15)17-9-11/h4-9,16H,15H2,1-3H3. The van der Waals surface area contributed by atoms with Crippen molar-refractivity contribution in [3.63, 3.8) is 0 Å². The van der Waals surface area contributed by atoms with E-state index in [0.717, 1.165) is 5.00 Å². The summed E-state index contributed by atoms with van der Waals surface area (Å²) in [7, 11) is 0. The van der Waals surface area contributed by atoms with Crippen LogP contribution in [-0.4, -0.2) is 0 Å². The second kappa shape index (κ2) is 4.51. The molecule has 0 amide bonds. The Labute approximate surface area is 106 Å². The molecule has 0 radical (unpaired) electrons. The smallest absolute Gasteiger partial charge is 0.103 e. The number of anilines is 1. The Morgan fingerprint density at radius 3 is 2.18 bits per heavy atom. The predicted molar refractivity (Wildman–Crippen MR) is 76.3 cm³/mol. The molecule has 2 nitrogen and oxygen atoms in total. The van der Waals surface area contributed by atoms with Gasteiger partial charge in [-0.3, -0.25) is 0 Å². The van der Waals surface area contributed by atoms with Crippen LogP contribution in [0.15, 0.2) is 35.7 Å². The molecule has 3 heteroatoms. The SMILES string of the molecule is CC(C)(C)c1ccc(-c2csc(NN)c2)cc1. The van der Waals surface area contributed by atoms with Crippen molar-refractivity contribution in [3.05, 3.63) is 41.3 Å². The van der Waals surface area contributed by atoms with Gasteiger partial charge < -0.3 is 5.43 Å². The number of nitrogens with one attached hydrogen (secondary N) is 1. The van der Waals surface area contributed by atoms with E-state index in [1.54, 1.807) is 11.3 Å². The van der Waals surface area contributed by atoms with E-state index < -0.39 is 0 Å². The second-order valence-electron chi connectivity index (χ2n) is 5.17. The summed E-state index contributed by atoms with van der Waals surface area (Å²) in [5.41, 5.74) is 6.68. The third-order valence-corrected chi connectivity index (χ3v) is 3.69. The van der Waals surface area contributed by atoms with Crippen LogP contribution in [-0.2, 0) is 5.41 Å². The Balaban J connectivity index is 2.29. The van der Waals surface area contributed by atoms with Crippen LogP contribution in [0.1, 0.15) is 26.3 Å². The molecule has 0 aliphatic rings. The van der Waals surface area contributed by atoms with E-state index in [1.165, 1.54) is 16.7 Å². The average molecular weight is 246 g/mol. The van der Waals surface area contributed by atoms with E-state index in [0.29, 0.717) is 0 Å². The van der Waals surface area contributed by atoms with Crippen molar-refractivity contribution in [1.29, 1.82) is 0 Å². The molecule has 0 aliphatic carbocycles. The molecule has 0 unspecified atom stereocenters. The van der Waals surface area contributed by atoms with Crippen LogP contribution in [0.25, 0.3) is 11.1 Å². The number of nitrogens with two attached hydrogens (primary N) is 1.